The summed E-state index contributed by atoms with van der Waals surface area (Å²) in [5.74, 6) is 0.762. The van der Waals surface area contributed by atoms with Gasteiger partial charge in [0.15, 0.2) is 0 Å². The zero-order valence-electron chi connectivity index (χ0n) is 14.5. The van der Waals surface area contributed by atoms with E-state index in [-0.39, 0.29) is 0 Å². The van der Waals surface area contributed by atoms with Crippen molar-refractivity contribution in [3.63, 3.8) is 0 Å². The molecule has 20 heavy (non-hydrogen) atoms. The van der Waals surface area contributed by atoms with E-state index in [1.165, 1.54) is 51.7 Å². The minimum absolute atomic E-state index is 0.394. The van der Waals surface area contributed by atoms with E-state index < -0.39 is 0 Å². The highest BCUT2D eigenvalue weighted by molar-refractivity contribution is 4.78. The molecule has 0 aliphatic carbocycles. The van der Waals surface area contributed by atoms with E-state index in [9.17, 15) is 0 Å². The van der Waals surface area contributed by atoms with Crippen molar-refractivity contribution in [2.24, 2.45) is 17.1 Å². The Bertz CT molecular complexity index is 251. The van der Waals surface area contributed by atoms with Gasteiger partial charge < -0.3 is 15.5 Å². The van der Waals surface area contributed by atoms with Crippen LogP contribution in [0.3, 0.4) is 0 Å². The van der Waals surface area contributed by atoms with E-state index in [1.807, 2.05) is 0 Å². The van der Waals surface area contributed by atoms with Gasteiger partial charge in [-0.05, 0) is 83.7 Å². The van der Waals surface area contributed by atoms with Crippen molar-refractivity contribution in [1.29, 1.82) is 0 Å². The minimum atomic E-state index is 0.394. The Morgan fingerprint density at radius 3 is 2.30 bits per heavy atom. The van der Waals surface area contributed by atoms with Crippen LogP contribution in [-0.4, -0.2) is 56.1 Å². The van der Waals surface area contributed by atoms with Crippen molar-refractivity contribution in [2.45, 2.75) is 58.9 Å². The van der Waals surface area contributed by atoms with Gasteiger partial charge in [-0.3, -0.25) is 0 Å². The van der Waals surface area contributed by atoms with Crippen LogP contribution in [0.4, 0.5) is 0 Å². The lowest BCUT2D eigenvalue weighted by Gasteiger charge is -2.36. The molecular weight excluding hydrogens is 246 g/mol. The van der Waals surface area contributed by atoms with E-state index in [0.717, 1.165) is 18.5 Å². The van der Waals surface area contributed by atoms with Crippen molar-refractivity contribution in [2.75, 3.05) is 40.3 Å². The first-order chi connectivity index (χ1) is 9.34. The highest BCUT2D eigenvalue weighted by Crippen LogP contribution is 2.32. The van der Waals surface area contributed by atoms with Gasteiger partial charge >= 0.3 is 0 Å². The van der Waals surface area contributed by atoms with Gasteiger partial charge in [-0.2, -0.15) is 0 Å². The Morgan fingerprint density at radius 2 is 1.80 bits per heavy atom. The molecular formula is C17H37N3. The monoisotopic (exact) mass is 283 g/mol. The summed E-state index contributed by atoms with van der Waals surface area (Å²) in [6, 6.07) is 0.800. The first-order valence-corrected chi connectivity index (χ1v) is 8.43. The molecule has 0 radical (unpaired) electrons. The maximum atomic E-state index is 5.77. The zero-order chi connectivity index (χ0) is 15.2. The van der Waals surface area contributed by atoms with Crippen molar-refractivity contribution in [3.8, 4) is 0 Å². The Balaban J connectivity index is 2.28. The molecule has 1 fully saturated rings. The molecule has 0 aromatic rings. The lowest BCUT2D eigenvalue weighted by atomic mass is 9.76. The van der Waals surface area contributed by atoms with Crippen molar-refractivity contribution in [3.05, 3.63) is 0 Å². The summed E-state index contributed by atoms with van der Waals surface area (Å²) in [6.07, 6.45) is 6.46. The second-order valence-corrected chi connectivity index (χ2v) is 7.80. The Labute approximate surface area is 126 Å². The van der Waals surface area contributed by atoms with Crippen LogP contribution in [0.2, 0.25) is 0 Å². The highest BCUT2D eigenvalue weighted by atomic mass is 15.2. The molecule has 120 valence electrons. The van der Waals surface area contributed by atoms with Crippen molar-refractivity contribution in [1.82, 2.24) is 9.80 Å². The largest absolute Gasteiger partial charge is 0.330 e. The van der Waals surface area contributed by atoms with Gasteiger partial charge in [-0.15, -0.1) is 0 Å². The number of piperidine rings is 1. The second kappa shape index (κ2) is 8.35. The molecule has 1 aliphatic heterocycles. The number of hydrogen-bond acceptors (Lipinski definition) is 3. The Kier molecular flexibility index (Phi) is 7.49. The van der Waals surface area contributed by atoms with E-state index in [0.29, 0.717) is 5.41 Å². The Morgan fingerprint density at radius 1 is 1.20 bits per heavy atom. The predicted molar refractivity (Wildman–Crippen MR) is 89.0 cm³/mol. The van der Waals surface area contributed by atoms with E-state index >= 15 is 0 Å². The summed E-state index contributed by atoms with van der Waals surface area (Å²) < 4.78 is 0. The van der Waals surface area contributed by atoms with Gasteiger partial charge in [0.1, 0.15) is 0 Å². The topological polar surface area (TPSA) is 32.5 Å². The lowest BCUT2D eigenvalue weighted by molar-refractivity contribution is 0.135. The maximum Gasteiger partial charge on any atom is 0.0117 e. The summed E-state index contributed by atoms with van der Waals surface area (Å²) in [7, 11) is 4.54. The fraction of sp³-hybridized carbons (Fsp3) is 1.00. The molecule has 1 atom stereocenters. The average molecular weight is 284 g/mol. The zero-order valence-corrected chi connectivity index (χ0v) is 14.5. The number of rotatable bonds is 7. The summed E-state index contributed by atoms with van der Waals surface area (Å²) in [6.45, 7) is 11.6. The molecule has 3 heteroatoms. The van der Waals surface area contributed by atoms with Gasteiger partial charge in [-0.1, -0.05) is 20.8 Å². The van der Waals surface area contributed by atoms with Crippen LogP contribution in [0, 0.1) is 11.3 Å². The van der Waals surface area contributed by atoms with E-state index in [1.54, 1.807) is 0 Å². The molecule has 1 aliphatic rings. The second-order valence-electron chi connectivity index (χ2n) is 7.80. The third-order valence-electron chi connectivity index (χ3n) is 5.11. The first kappa shape index (κ1) is 17.9. The molecule has 0 amide bonds. The van der Waals surface area contributed by atoms with Gasteiger partial charge in [0.05, 0.1) is 0 Å². The summed E-state index contributed by atoms with van der Waals surface area (Å²) in [5, 5.41) is 0. The van der Waals surface area contributed by atoms with Crippen LogP contribution in [0.5, 0.6) is 0 Å². The number of likely N-dealkylation sites (tertiary alicyclic amines) is 1. The van der Waals surface area contributed by atoms with E-state index in [4.69, 9.17) is 5.73 Å². The third kappa shape index (κ3) is 6.11. The molecule has 1 saturated heterocycles. The molecule has 0 aromatic carbocycles. The van der Waals surface area contributed by atoms with Crippen LogP contribution in [-0.2, 0) is 0 Å². The fourth-order valence-electron chi connectivity index (χ4n) is 3.42. The molecule has 1 unspecified atom stereocenters. The van der Waals surface area contributed by atoms with Crippen molar-refractivity contribution >= 4 is 0 Å². The average Bonchev–Trinajstić information content (AvgIpc) is 2.37. The fourth-order valence-corrected chi connectivity index (χ4v) is 3.42. The normalized spacial score (nSPS) is 20.6. The van der Waals surface area contributed by atoms with E-state index in [2.05, 4.69) is 44.7 Å². The Hall–Kier alpha value is -0.120. The molecule has 0 spiro atoms. The molecule has 1 rings (SSSR count). The molecule has 1 heterocycles. The lowest BCUT2D eigenvalue weighted by Crippen LogP contribution is -2.42. The molecule has 0 saturated carbocycles. The van der Waals surface area contributed by atoms with Gasteiger partial charge in [0, 0.05) is 6.04 Å². The third-order valence-corrected chi connectivity index (χ3v) is 5.11. The predicted octanol–water partition coefficient (Wildman–Crippen LogP) is 2.80. The van der Waals surface area contributed by atoms with Gasteiger partial charge in [0.25, 0.3) is 0 Å². The summed E-state index contributed by atoms with van der Waals surface area (Å²) in [5.41, 5.74) is 6.17. The summed E-state index contributed by atoms with van der Waals surface area (Å²) >= 11 is 0. The van der Waals surface area contributed by atoms with Crippen molar-refractivity contribution < 1.29 is 0 Å². The molecule has 0 aromatic heterocycles. The standard InChI is InChI=1S/C17H37N3/c1-17(2,3)15(8-11-18)7-6-12-20(5)16-9-13-19(4)14-10-16/h15-16H,6-14,18H2,1-5H3. The SMILES string of the molecule is CN1CCC(N(C)CCCC(CCN)C(C)(C)C)CC1. The first-order valence-electron chi connectivity index (χ1n) is 8.43. The number of nitrogens with two attached hydrogens (primary N) is 1. The molecule has 0 bridgehead atoms. The maximum absolute atomic E-state index is 5.77. The minimum Gasteiger partial charge on any atom is -0.330 e. The van der Waals surface area contributed by atoms with Crippen LogP contribution in [0.1, 0.15) is 52.9 Å². The molecule has 2 N–H and O–H groups in total. The number of nitrogens with zero attached hydrogens (tertiary/aromatic N) is 2. The smallest absolute Gasteiger partial charge is 0.0117 e. The van der Waals surface area contributed by atoms with Crippen LogP contribution < -0.4 is 5.73 Å². The van der Waals surface area contributed by atoms with Crippen LogP contribution >= 0.6 is 0 Å². The quantitative estimate of drug-likeness (QED) is 0.780. The van der Waals surface area contributed by atoms with Gasteiger partial charge in [-0.25, -0.2) is 0 Å². The molecule has 3 nitrogen and oxygen atoms in total. The van der Waals surface area contributed by atoms with Gasteiger partial charge in [0.2, 0.25) is 0 Å². The van der Waals surface area contributed by atoms with Crippen LogP contribution in [0.25, 0.3) is 0 Å². The summed E-state index contributed by atoms with van der Waals surface area (Å²) in [4.78, 5) is 5.04. The highest BCUT2D eigenvalue weighted by Gasteiger charge is 2.24. The number of hydrogen-bond donors (Lipinski definition) is 1. The van der Waals surface area contributed by atoms with Crippen LogP contribution in [0.15, 0.2) is 0 Å².